The maximum atomic E-state index is 12.5. The third-order valence-corrected chi connectivity index (χ3v) is 5.34. The Morgan fingerprint density at radius 3 is 2.57 bits per heavy atom. The number of halogens is 1. The van der Waals surface area contributed by atoms with Crippen LogP contribution in [0, 0.1) is 0 Å². The van der Waals surface area contributed by atoms with Crippen LogP contribution in [0.3, 0.4) is 0 Å². The Morgan fingerprint density at radius 1 is 1.22 bits per heavy atom. The maximum Gasteiger partial charge on any atom is 0.263 e. The van der Waals surface area contributed by atoms with Gasteiger partial charge in [0, 0.05) is 26.2 Å². The molecule has 6 nitrogen and oxygen atoms in total. The van der Waals surface area contributed by atoms with Gasteiger partial charge in [-0.15, -0.1) is 0 Å². The largest absolute Gasteiger partial charge is 0.479 e. The molecule has 0 radical (unpaired) electrons. The zero-order valence-electron chi connectivity index (χ0n) is 13.2. The van der Waals surface area contributed by atoms with Crippen LogP contribution in [0.5, 0.6) is 5.75 Å². The van der Waals surface area contributed by atoms with Crippen molar-refractivity contribution in [2.45, 2.75) is 19.4 Å². The van der Waals surface area contributed by atoms with E-state index in [1.165, 1.54) is 10.6 Å². The van der Waals surface area contributed by atoms with Crippen molar-refractivity contribution in [3.05, 3.63) is 29.3 Å². The molecule has 0 bridgehead atoms. The van der Waals surface area contributed by atoms with Crippen LogP contribution < -0.4 is 4.74 Å². The summed E-state index contributed by atoms with van der Waals surface area (Å²) < 4.78 is 30.3. The van der Waals surface area contributed by atoms with Gasteiger partial charge in [0.25, 0.3) is 5.91 Å². The molecule has 1 amide bonds. The lowest BCUT2D eigenvalue weighted by Gasteiger charge is -2.25. The first kappa shape index (κ1) is 18.0. The van der Waals surface area contributed by atoms with Crippen LogP contribution in [0.1, 0.15) is 13.3 Å². The van der Waals surface area contributed by atoms with Crippen molar-refractivity contribution in [1.29, 1.82) is 0 Å². The predicted octanol–water partition coefficient (Wildman–Crippen LogP) is 1.60. The summed E-state index contributed by atoms with van der Waals surface area (Å²) in [6.07, 6.45) is 1.12. The average molecular weight is 361 g/mol. The number of sulfonamides is 1. The lowest BCUT2D eigenvalue weighted by Crippen LogP contribution is -2.42. The van der Waals surface area contributed by atoms with E-state index in [4.69, 9.17) is 16.3 Å². The summed E-state index contributed by atoms with van der Waals surface area (Å²) in [6, 6.07) is 6.98. The number of amides is 1. The van der Waals surface area contributed by atoms with E-state index in [0.717, 1.165) is 0 Å². The fourth-order valence-electron chi connectivity index (χ4n) is 2.48. The molecule has 8 heteroatoms. The van der Waals surface area contributed by atoms with E-state index < -0.39 is 16.1 Å². The Bertz CT molecular complexity index is 665. The number of hydrogen-bond donors (Lipinski definition) is 0. The Labute approximate surface area is 142 Å². The van der Waals surface area contributed by atoms with Crippen LogP contribution in [0.15, 0.2) is 24.3 Å². The molecule has 128 valence electrons. The van der Waals surface area contributed by atoms with Crippen molar-refractivity contribution in [2.75, 3.05) is 32.4 Å². The second-order valence-corrected chi connectivity index (χ2v) is 7.92. The smallest absolute Gasteiger partial charge is 0.263 e. The van der Waals surface area contributed by atoms with Crippen LogP contribution >= 0.6 is 11.6 Å². The van der Waals surface area contributed by atoms with Gasteiger partial charge in [-0.25, -0.2) is 12.7 Å². The molecule has 1 fully saturated rings. The molecule has 1 saturated heterocycles. The minimum Gasteiger partial charge on any atom is -0.479 e. The van der Waals surface area contributed by atoms with Crippen molar-refractivity contribution < 1.29 is 17.9 Å². The van der Waals surface area contributed by atoms with E-state index in [0.29, 0.717) is 43.4 Å². The second kappa shape index (κ2) is 7.51. The van der Waals surface area contributed by atoms with Gasteiger partial charge in [-0.1, -0.05) is 23.7 Å². The maximum absolute atomic E-state index is 12.5. The molecule has 1 aromatic carbocycles. The fourth-order valence-corrected chi connectivity index (χ4v) is 3.54. The lowest BCUT2D eigenvalue weighted by molar-refractivity contribution is -0.137. The first-order valence-corrected chi connectivity index (χ1v) is 9.67. The summed E-state index contributed by atoms with van der Waals surface area (Å²) in [5, 5.41) is 0.450. The van der Waals surface area contributed by atoms with Crippen LogP contribution in [0.4, 0.5) is 0 Å². The first-order chi connectivity index (χ1) is 10.8. The molecular formula is C15H21ClN2O4S. The number of ether oxygens (including phenoxy) is 1. The minimum atomic E-state index is -3.23. The van der Waals surface area contributed by atoms with Crippen LogP contribution in [0.2, 0.25) is 5.02 Å². The van der Waals surface area contributed by atoms with Gasteiger partial charge >= 0.3 is 0 Å². The molecule has 23 heavy (non-hydrogen) atoms. The number of carbonyl (C=O) groups excluding carboxylic acids is 1. The third-order valence-electron chi connectivity index (χ3n) is 3.72. The number of benzene rings is 1. The van der Waals surface area contributed by atoms with E-state index in [-0.39, 0.29) is 5.91 Å². The van der Waals surface area contributed by atoms with Crippen LogP contribution in [-0.4, -0.2) is 62.1 Å². The van der Waals surface area contributed by atoms with E-state index in [2.05, 4.69) is 0 Å². The topological polar surface area (TPSA) is 66.9 Å². The minimum absolute atomic E-state index is 0.166. The normalized spacial score (nSPS) is 18.3. The molecule has 0 aliphatic carbocycles. The van der Waals surface area contributed by atoms with Crippen molar-refractivity contribution in [3.63, 3.8) is 0 Å². The summed E-state index contributed by atoms with van der Waals surface area (Å²) in [6.45, 7) is 3.29. The molecule has 1 atom stereocenters. The Balaban J connectivity index is 1.98. The molecular weight excluding hydrogens is 340 g/mol. The first-order valence-electron chi connectivity index (χ1n) is 7.44. The van der Waals surface area contributed by atoms with Gasteiger partial charge in [0.05, 0.1) is 11.3 Å². The fraction of sp³-hybridized carbons (Fsp3) is 0.533. The van der Waals surface area contributed by atoms with E-state index in [1.54, 1.807) is 36.1 Å². The number of carbonyl (C=O) groups is 1. The summed E-state index contributed by atoms with van der Waals surface area (Å²) in [4.78, 5) is 14.2. The molecule has 1 aliphatic heterocycles. The van der Waals surface area contributed by atoms with Gasteiger partial charge in [-0.3, -0.25) is 4.79 Å². The van der Waals surface area contributed by atoms with Crippen LogP contribution in [-0.2, 0) is 14.8 Å². The number of rotatable bonds is 4. The van der Waals surface area contributed by atoms with Gasteiger partial charge in [0.2, 0.25) is 10.0 Å². The third kappa shape index (κ3) is 4.83. The highest BCUT2D eigenvalue weighted by Crippen LogP contribution is 2.24. The van der Waals surface area contributed by atoms with Crippen molar-refractivity contribution >= 4 is 27.5 Å². The standard InChI is InChI=1S/C15H21ClN2O4S/c1-12(22-14-7-4-3-6-13(14)16)15(19)17-8-5-9-18(11-10-17)23(2,20)21/h3-4,6-7,12H,5,8-11H2,1-2H3. The van der Waals surface area contributed by atoms with E-state index in [9.17, 15) is 13.2 Å². The molecule has 2 rings (SSSR count). The van der Waals surface area contributed by atoms with Crippen LogP contribution in [0.25, 0.3) is 0 Å². The summed E-state index contributed by atoms with van der Waals surface area (Å²) >= 11 is 6.03. The molecule has 1 aliphatic rings. The van der Waals surface area contributed by atoms with Crippen molar-refractivity contribution in [3.8, 4) is 5.75 Å². The zero-order valence-corrected chi connectivity index (χ0v) is 14.8. The van der Waals surface area contributed by atoms with E-state index >= 15 is 0 Å². The number of hydrogen-bond acceptors (Lipinski definition) is 4. The predicted molar refractivity (Wildman–Crippen MR) is 89.2 cm³/mol. The molecule has 1 unspecified atom stereocenters. The number of para-hydroxylation sites is 1. The zero-order chi connectivity index (χ0) is 17.0. The molecule has 0 saturated carbocycles. The monoisotopic (exact) mass is 360 g/mol. The SMILES string of the molecule is CC(Oc1ccccc1Cl)C(=O)N1CCCN(S(C)(=O)=O)CC1. The summed E-state index contributed by atoms with van der Waals surface area (Å²) in [5.74, 6) is 0.294. The van der Waals surface area contributed by atoms with Crippen molar-refractivity contribution in [1.82, 2.24) is 9.21 Å². The molecule has 0 aromatic heterocycles. The molecule has 0 spiro atoms. The summed E-state index contributed by atoms with van der Waals surface area (Å²) in [7, 11) is -3.23. The van der Waals surface area contributed by atoms with Gasteiger partial charge < -0.3 is 9.64 Å². The Hall–Kier alpha value is -1.31. The average Bonchev–Trinajstić information content (AvgIpc) is 2.74. The Kier molecular flexibility index (Phi) is 5.89. The molecule has 1 heterocycles. The van der Waals surface area contributed by atoms with Gasteiger partial charge in [0.15, 0.2) is 6.10 Å². The highest BCUT2D eigenvalue weighted by atomic mass is 35.5. The lowest BCUT2D eigenvalue weighted by atomic mass is 10.3. The second-order valence-electron chi connectivity index (χ2n) is 5.53. The van der Waals surface area contributed by atoms with Crippen molar-refractivity contribution in [2.24, 2.45) is 0 Å². The molecule has 0 N–H and O–H groups in total. The van der Waals surface area contributed by atoms with Gasteiger partial charge in [0.1, 0.15) is 5.75 Å². The summed E-state index contributed by atoms with van der Waals surface area (Å²) in [5.41, 5.74) is 0. The molecule has 1 aromatic rings. The van der Waals surface area contributed by atoms with E-state index in [1.807, 2.05) is 0 Å². The van der Waals surface area contributed by atoms with Gasteiger partial charge in [-0.2, -0.15) is 0 Å². The quantitative estimate of drug-likeness (QED) is 0.818. The number of nitrogens with zero attached hydrogens (tertiary/aromatic N) is 2. The highest BCUT2D eigenvalue weighted by molar-refractivity contribution is 7.88. The highest BCUT2D eigenvalue weighted by Gasteiger charge is 2.27. The van der Waals surface area contributed by atoms with Gasteiger partial charge in [-0.05, 0) is 25.5 Å². The Morgan fingerprint density at radius 2 is 1.91 bits per heavy atom.